The molecule has 1 aromatic carbocycles. The number of aromatic hydroxyl groups is 1. The molecule has 0 radical (unpaired) electrons. The number of phenolic OH excluding ortho intramolecular Hbond substituents is 1. The van der Waals surface area contributed by atoms with Crippen LogP contribution in [0.3, 0.4) is 0 Å². The Morgan fingerprint density at radius 3 is 2.24 bits per heavy atom. The topological polar surface area (TPSA) is 38.0 Å². The number of phenols is 1. The maximum Gasteiger partial charge on any atom is 0.433 e. The van der Waals surface area contributed by atoms with Crippen molar-refractivity contribution in [3.8, 4) is 17.1 Å². The SMILES string of the molecule is Cn1c(C(F)(F)F)cnc1-c1ccc(O)cc1. The van der Waals surface area contributed by atoms with Crippen molar-refractivity contribution in [3.63, 3.8) is 0 Å². The van der Waals surface area contributed by atoms with Crippen LogP contribution in [0.5, 0.6) is 5.75 Å². The molecule has 0 saturated heterocycles. The zero-order chi connectivity index (χ0) is 12.6. The molecule has 0 spiro atoms. The van der Waals surface area contributed by atoms with Crippen molar-refractivity contribution in [3.05, 3.63) is 36.2 Å². The van der Waals surface area contributed by atoms with Crippen LogP contribution in [0.15, 0.2) is 30.5 Å². The molecular weight excluding hydrogens is 233 g/mol. The average molecular weight is 242 g/mol. The van der Waals surface area contributed by atoms with Gasteiger partial charge in [-0.3, -0.25) is 0 Å². The molecule has 2 rings (SSSR count). The van der Waals surface area contributed by atoms with Crippen molar-refractivity contribution >= 4 is 0 Å². The Balaban J connectivity index is 2.48. The van der Waals surface area contributed by atoms with Crippen LogP contribution in [-0.4, -0.2) is 14.7 Å². The van der Waals surface area contributed by atoms with E-state index in [1.165, 1.54) is 31.3 Å². The van der Waals surface area contributed by atoms with Gasteiger partial charge >= 0.3 is 6.18 Å². The van der Waals surface area contributed by atoms with Gasteiger partial charge in [0.05, 0.1) is 6.20 Å². The van der Waals surface area contributed by atoms with Crippen molar-refractivity contribution < 1.29 is 18.3 Å². The molecule has 6 heteroatoms. The minimum Gasteiger partial charge on any atom is -0.508 e. The molecule has 0 aliphatic carbocycles. The molecule has 0 fully saturated rings. The number of hydrogen-bond donors (Lipinski definition) is 1. The highest BCUT2D eigenvalue weighted by atomic mass is 19.4. The lowest BCUT2D eigenvalue weighted by Crippen LogP contribution is -2.11. The molecular formula is C11H9F3N2O. The summed E-state index contributed by atoms with van der Waals surface area (Å²) >= 11 is 0. The summed E-state index contributed by atoms with van der Waals surface area (Å²) in [7, 11) is 1.30. The van der Waals surface area contributed by atoms with E-state index in [0.717, 1.165) is 10.8 Å². The van der Waals surface area contributed by atoms with Crippen LogP contribution in [0.2, 0.25) is 0 Å². The fourth-order valence-corrected chi connectivity index (χ4v) is 1.55. The van der Waals surface area contributed by atoms with Crippen molar-refractivity contribution in [1.82, 2.24) is 9.55 Å². The van der Waals surface area contributed by atoms with Gasteiger partial charge in [0.1, 0.15) is 17.3 Å². The first-order valence-electron chi connectivity index (χ1n) is 4.78. The summed E-state index contributed by atoms with van der Waals surface area (Å²) < 4.78 is 38.6. The minimum atomic E-state index is -4.42. The first-order chi connectivity index (χ1) is 7.89. The van der Waals surface area contributed by atoms with Gasteiger partial charge in [-0.15, -0.1) is 0 Å². The Hall–Kier alpha value is -1.98. The van der Waals surface area contributed by atoms with E-state index in [4.69, 9.17) is 5.11 Å². The highest BCUT2D eigenvalue weighted by Crippen LogP contribution is 2.31. The second-order valence-electron chi connectivity index (χ2n) is 3.57. The van der Waals surface area contributed by atoms with Crippen LogP contribution >= 0.6 is 0 Å². The van der Waals surface area contributed by atoms with E-state index in [1.807, 2.05) is 0 Å². The predicted octanol–water partition coefficient (Wildman–Crippen LogP) is 2.81. The first kappa shape index (κ1) is 11.5. The number of benzene rings is 1. The third-order valence-corrected chi connectivity index (χ3v) is 2.40. The number of aromatic nitrogens is 2. The Labute approximate surface area is 95.1 Å². The molecule has 90 valence electrons. The average Bonchev–Trinajstić information content (AvgIpc) is 2.61. The maximum atomic E-state index is 12.5. The summed E-state index contributed by atoms with van der Waals surface area (Å²) in [6.45, 7) is 0. The van der Waals surface area contributed by atoms with Gasteiger partial charge in [0.2, 0.25) is 0 Å². The Kier molecular flexibility index (Phi) is 2.57. The lowest BCUT2D eigenvalue weighted by molar-refractivity contribution is -0.143. The lowest BCUT2D eigenvalue weighted by atomic mass is 10.2. The molecule has 1 N–H and O–H groups in total. The molecule has 0 amide bonds. The molecule has 2 aromatic rings. The summed E-state index contributed by atoms with van der Waals surface area (Å²) in [5.74, 6) is 0.260. The zero-order valence-corrected chi connectivity index (χ0v) is 8.86. The summed E-state index contributed by atoms with van der Waals surface area (Å²) in [4.78, 5) is 3.74. The van der Waals surface area contributed by atoms with Gasteiger partial charge in [0.15, 0.2) is 0 Å². The molecule has 1 aromatic heterocycles. The summed E-state index contributed by atoms with van der Waals surface area (Å²) in [5, 5.41) is 9.10. The largest absolute Gasteiger partial charge is 0.508 e. The van der Waals surface area contributed by atoms with Crippen molar-refractivity contribution in [1.29, 1.82) is 0 Å². The van der Waals surface area contributed by atoms with Crippen LogP contribution in [0.25, 0.3) is 11.4 Å². The van der Waals surface area contributed by atoms with Gasteiger partial charge in [0.25, 0.3) is 0 Å². The van der Waals surface area contributed by atoms with E-state index >= 15 is 0 Å². The fourth-order valence-electron chi connectivity index (χ4n) is 1.55. The number of hydrogen-bond acceptors (Lipinski definition) is 2. The van der Waals surface area contributed by atoms with Gasteiger partial charge in [-0.05, 0) is 24.3 Å². The van der Waals surface area contributed by atoms with Gasteiger partial charge in [0, 0.05) is 12.6 Å². The first-order valence-corrected chi connectivity index (χ1v) is 4.78. The van der Waals surface area contributed by atoms with E-state index in [9.17, 15) is 13.2 Å². The number of halogens is 3. The lowest BCUT2D eigenvalue weighted by Gasteiger charge is -2.08. The third kappa shape index (κ3) is 2.11. The van der Waals surface area contributed by atoms with Crippen molar-refractivity contribution in [2.45, 2.75) is 6.18 Å². The molecule has 0 aliphatic rings. The highest BCUT2D eigenvalue weighted by Gasteiger charge is 2.35. The normalized spacial score (nSPS) is 11.8. The molecule has 0 aliphatic heterocycles. The molecule has 0 bridgehead atoms. The quantitative estimate of drug-likeness (QED) is 0.835. The van der Waals surface area contributed by atoms with Crippen molar-refractivity contribution in [2.24, 2.45) is 7.05 Å². The zero-order valence-electron chi connectivity index (χ0n) is 8.86. The van der Waals surface area contributed by atoms with Crippen LogP contribution in [0, 0.1) is 0 Å². The maximum absolute atomic E-state index is 12.5. The third-order valence-electron chi connectivity index (χ3n) is 2.40. The van der Waals surface area contributed by atoms with Crippen LogP contribution in [0.1, 0.15) is 5.69 Å². The molecule has 0 unspecified atom stereocenters. The van der Waals surface area contributed by atoms with E-state index < -0.39 is 11.9 Å². The summed E-state index contributed by atoms with van der Waals surface area (Å²) in [6.07, 6.45) is -3.63. The van der Waals surface area contributed by atoms with E-state index in [-0.39, 0.29) is 11.6 Å². The van der Waals surface area contributed by atoms with Crippen LogP contribution < -0.4 is 0 Å². The van der Waals surface area contributed by atoms with Gasteiger partial charge in [-0.25, -0.2) is 4.98 Å². The molecule has 17 heavy (non-hydrogen) atoms. The molecule has 1 heterocycles. The summed E-state index contributed by atoms with van der Waals surface area (Å²) in [6, 6.07) is 5.82. The van der Waals surface area contributed by atoms with Crippen molar-refractivity contribution in [2.75, 3.05) is 0 Å². The Morgan fingerprint density at radius 2 is 1.76 bits per heavy atom. The second-order valence-corrected chi connectivity index (χ2v) is 3.57. The number of alkyl halides is 3. The van der Waals surface area contributed by atoms with Gasteiger partial charge < -0.3 is 9.67 Å². The van der Waals surface area contributed by atoms with E-state index in [2.05, 4.69) is 4.98 Å². The number of imidazole rings is 1. The Morgan fingerprint density at radius 1 is 1.18 bits per heavy atom. The van der Waals surface area contributed by atoms with E-state index in [1.54, 1.807) is 0 Å². The number of nitrogens with zero attached hydrogens (tertiary/aromatic N) is 2. The second kappa shape index (κ2) is 3.80. The van der Waals surface area contributed by atoms with Gasteiger partial charge in [-0.2, -0.15) is 13.2 Å². The monoisotopic (exact) mass is 242 g/mol. The summed E-state index contributed by atoms with van der Waals surface area (Å²) in [5.41, 5.74) is -0.290. The predicted molar refractivity (Wildman–Crippen MR) is 55.3 cm³/mol. The minimum absolute atomic E-state index is 0.0546. The fraction of sp³-hybridized carbons (Fsp3) is 0.182. The van der Waals surface area contributed by atoms with Gasteiger partial charge in [-0.1, -0.05) is 0 Å². The standard InChI is InChI=1S/C11H9F3N2O/c1-16-9(11(12,13)14)6-15-10(16)7-2-4-8(17)5-3-7/h2-6,17H,1H3. The highest BCUT2D eigenvalue weighted by molar-refractivity contribution is 5.57. The number of rotatable bonds is 1. The Bertz CT molecular complexity index is 529. The van der Waals surface area contributed by atoms with Crippen LogP contribution in [-0.2, 0) is 13.2 Å². The smallest absolute Gasteiger partial charge is 0.433 e. The molecule has 0 atom stereocenters. The van der Waals surface area contributed by atoms with Crippen LogP contribution in [0.4, 0.5) is 13.2 Å². The molecule has 0 saturated carbocycles. The molecule has 3 nitrogen and oxygen atoms in total. The van der Waals surface area contributed by atoms with E-state index in [0.29, 0.717) is 5.56 Å².